The van der Waals surface area contributed by atoms with Gasteiger partial charge in [0.05, 0.1) is 0 Å². The summed E-state index contributed by atoms with van der Waals surface area (Å²) >= 11 is 0. The van der Waals surface area contributed by atoms with Crippen LogP contribution in [0.1, 0.15) is 25.5 Å². The van der Waals surface area contributed by atoms with Crippen molar-refractivity contribution in [2.45, 2.75) is 26.2 Å². The van der Waals surface area contributed by atoms with Crippen molar-refractivity contribution in [3.8, 4) is 0 Å². The molecule has 1 heterocycles. The van der Waals surface area contributed by atoms with Crippen LogP contribution < -0.4 is 5.73 Å². The van der Waals surface area contributed by atoms with Crippen LogP contribution in [0.2, 0.25) is 0 Å². The molecule has 0 aromatic carbocycles. The minimum absolute atomic E-state index is 0.226. The molecular weight excluding hydrogens is 164 g/mol. The molecule has 0 saturated carbocycles. The minimum Gasteiger partial charge on any atom is -0.384 e. The number of ketones is 1. The molecule has 2 N–H and O–H groups in total. The Labute approximate surface area is 78.0 Å². The zero-order valence-corrected chi connectivity index (χ0v) is 7.79. The molecule has 0 bridgehead atoms. The lowest BCUT2D eigenvalue weighted by atomic mass is 10.1. The molecule has 0 aliphatic carbocycles. The lowest BCUT2D eigenvalue weighted by Gasteiger charge is -1.99. The third-order valence-electron chi connectivity index (χ3n) is 1.79. The summed E-state index contributed by atoms with van der Waals surface area (Å²) in [4.78, 5) is 14.8. The normalized spacial score (nSPS) is 9.92. The van der Waals surface area contributed by atoms with Crippen LogP contribution in [0.15, 0.2) is 18.2 Å². The maximum Gasteiger partial charge on any atom is 0.129 e. The zero-order valence-electron chi connectivity index (χ0n) is 7.79. The summed E-state index contributed by atoms with van der Waals surface area (Å²) in [6.07, 6.45) is 2.30. The molecule has 0 aliphatic rings. The van der Waals surface area contributed by atoms with Gasteiger partial charge in [0.25, 0.3) is 0 Å². The zero-order chi connectivity index (χ0) is 9.68. The van der Waals surface area contributed by atoms with Gasteiger partial charge in [-0.15, -0.1) is 0 Å². The van der Waals surface area contributed by atoms with Gasteiger partial charge in [-0.1, -0.05) is 6.07 Å². The molecule has 1 aromatic rings. The van der Waals surface area contributed by atoms with E-state index in [9.17, 15) is 4.79 Å². The van der Waals surface area contributed by atoms with Crippen molar-refractivity contribution in [1.82, 2.24) is 4.98 Å². The first-order valence-electron chi connectivity index (χ1n) is 4.39. The number of aryl methyl sites for hydroxylation is 1. The Kier molecular flexibility index (Phi) is 3.43. The van der Waals surface area contributed by atoms with Gasteiger partial charge in [-0.3, -0.25) is 0 Å². The second-order valence-electron chi connectivity index (χ2n) is 3.11. The molecule has 0 fully saturated rings. The SMILES string of the molecule is CC(=O)CCCc1cccc(N)n1. The fourth-order valence-electron chi connectivity index (χ4n) is 1.16. The smallest absolute Gasteiger partial charge is 0.129 e. The monoisotopic (exact) mass is 178 g/mol. The largest absolute Gasteiger partial charge is 0.384 e. The molecule has 0 amide bonds. The van der Waals surface area contributed by atoms with E-state index in [0.29, 0.717) is 12.2 Å². The van der Waals surface area contributed by atoms with Crippen LogP contribution in [0.25, 0.3) is 0 Å². The van der Waals surface area contributed by atoms with Gasteiger partial charge in [-0.05, 0) is 31.9 Å². The lowest BCUT2D eigenvalue weighted by molar-refractivity contribution is -0.117. The molecule has 0 aliphatic heterocycles. The molecule has 1 aromatic heterocycles. The second kappa shape index (κ2) is 4.60. The van der Waals surface area contributed by atoms with Gasteiger partial charge in [0.15, 0.2) is 0 Å². The van der Waals surface area contributed by atoms with Crippen molar-refractivity contribution in [3.63, 3.8) is 0 Å². The summed E-state index contributed by atoms with van der Waals surface area (Å²) in [6.45, 7) is 1.60. The van der Waals surface area contributed by atoms with Crippen molar-refractivity contribution in [2.24, 2.45) is 0 Å². The predicted octanol–water partition coefficient (Wildman–Crippen LogP) is 1.58. The van der Waals surface area contributed by atoms with E-state index in [0.717, 1.165) is 18.5 Å². The number of Topliss-reactive ketones (excluding diaryl/α,β-unsaturated/α-hetero) is 1. The number of anilines is 1. The number of rotatable bonds is 4. The van der Waals surface area contributed by atoms with Crippen molar-refractivity contribution >= 4 is 11.6 Å². The number of nitrogen functional groups attached to an aromatic ring is 1. The van der Waals surface area contributed by atoms with Crippen molar-refractivity contribution in [2.75, 3.05) is 5.73 Å². The molecule has 0 atom stereocenters. The minimum atomic E-state index is 0.226. The Balaban J connectivity index is 2.41. The van der Waals surface area contributed by atoms with Gasteiger partial charge in [0.2, 0.25) is 0 Å². The van der Waals surface area contributed by atoms with Crippen LogP contribution in [0.5, 0.6) is 0 Å². The topological polar surface area (TPSA) is 56.0 Å². The second-order valence-corrected chi connectivity index (χ2v) is 3.11. The Hall–Kier alpha value is -1.38. The average Bonchev–Trinajstić information content (AvgIpc) is 2.03. The van der Waals surface area contributed by atoms with E-state index in [1.807, 2.05) is 12.1 Å². The molecule has 0 radical (unpaired) electrons. The van der Waals surface area contributed by atoms with Crippen LogP contribution in [-0.4, -0.2) is 10.8 Å². The first-order chi connectivity index (χ1) is 6.18. The van der Waals surface area contributed by atoms with Crippen LogP contribution in [0, 0.1) is 0 Å². The van der Waals surface area contributed by atoms with Crippen molar-refractivity contribution in [3.05, 3.63) is 23.9 Å². The maximum atomic E-state index is 10.7. The number of carbonyl (C=O) groups excluding carboxylic acids is 1. The van der Waals surface area contributed by atoms with Crippen molar-refractivity contribution in [1.29, 1.82) is 0 Å². The Morgan fingerprint density at radius 1 is 1.54 bits per heavy atom. The number of pyridine rings is 1. The van der Waals surface area contributed by atoms with Gasteiger partial charge < -0.3 is 10.5 Å². The Morgan fingerprint density at radius 3 is 2.92 bits per heavy atom. The predicted molar refractivity (Wildman–Crippen MR) is 52.3 cm³/mol. The molecule has 1 rings (SSSR count). The summed E-state index contributed by atoms with van der Waals surface area (Å²) in [6, 6.07) is 5.57. The highest BCUT2D eigenvalue weighted by molar-refractivity contribution is 5.75. The number of nitrogens with zero attached hydrogens (tertiary/aromatic N) is 1. The molecule has 0 saturated heterocycles. The van der Waals surface area contributed by atoms with Gasteiger partial charge in [0, 0.05) is 12.1 Å². The summed E-state index contributed by atoms with van der Waals surface area (Å²) < 4.78 is 0. The fraction of sp³-hybridized carbons (Fsp3) is 0.400. The van der Waals surface area contributed by atoms with Gasteiger partial charge in [-0.25, -0.2) is 4.98 Å². The Bertz CT molecular complexity index is 297. The number of carbonyl (C=O) groups is 1. The highest BCUT2D eigenvalue weighted by Crippen LogP contribution is 2.04. The summed E-state index contributed by atoms with van der Waals surface area (Å²) in [7, 11) is 0. The first-order valence-corrected chi connectivity index (χ1v) is 4.39. The van der Waals surface area contributed by atoms with Crippen LogP contribution >= 0.6 is 0 Å². The van der Waals surface area contributed by atoms with E-state index in [-0.39, 0.29) is 5.78 Å². The van der Waals surface area contributed by atoms with E-state index in [1.54, 1.807) is 13.0 Å². The summed E-state index contributed by atoms with van der Waals surface area (Å²) in [5, 5.41) is 0. The van der Waals surface area contributed by atoms with E-state index in [1.165, 1.54) is 0 Å². The van der Waals surface area contributed by atoms with E-state index in [4.69, 9.17) is 5.73 Å². The molecule has 3 heteroatoms. The maximum absolute atomic E-state index is 10.7. The molecule has 13 heavy (non-hydrogen) atoms. The van der Waals surface area contributed by atoms with E-state index >= 15 is 0 Å². The fourth-order valence-corrected chi connectivity index (χ4v) is 1.16. The number of aromatic nitrogens is 1. The van der Waals surface area contributed by atoms with Crippen molar-refractivity contribution < 1.29 is 4.79 Å². The first kappa shape index (κ1) is 9.71. The standard InChI is InChI=1S/C10H14N2O/c1-8(13)4-2-5-9-6-3-7-10(11)12-9/h3,6-7H,2,4-5H2,1H3,(H2,11,12). The molecule has 70 valence electrons. The molecule has 0 spiro atoms. The van der Waals surface area contributed by atoms with Crippen LogP contribution in [0.3, 0.4) is 0 Å². The average molecular weight is 178 g/mol. The highest BCUT2D eigenvalue weighted by Gasteiger charge is 1.97. The van der Waals surface area contributed by atoms with Gasteiger partial charge in [-0.2, -0.15) is 0 Å². The van der Waals surface area contributed by atoms with Gasteiger partial charge in [0.1, 0.15) is 11.6 Å². The number of hydrogen-bond acceptors (Lipinski definition) is 3. The lowest BCUT2D eigenvalue weighted by Crippen LogP contribution is -1.97. The summed E-state index contributed by atoms with van der Waals surface area (Å²) in [5.74, 6) is 0.768. The number of nitrogens with two attached hydrogens (primary N) is 1. The highest BCUT2D eigenvalue weighted by atomic mass is 16.1. The Morgan fingerprint density at radius 2 is 2.31 bits per heavy atom. The van der Waals surface area contributed by atoms with E-state index < -0.39 is 0 Å². The van der Waals surface area contributed by atoms with Crippen LogP contribution in [-0.2, 0) is 11.2 Å². The third-order valence-corrected chi connectivity index (χ3v) is 1.79. The van der Waals surface area contributed by atoms with Gasteiger partial charge >= 0.3 is 0 Å². The van der Waals surface area contributed by atoms with E-state index in [2.05, 4.69) is 4.98 Å². The third kappa shape index (κ3) is 3.69. The quantitative estimate of drug-likeness (QED) is 0.761. The molecule has 3 nitrogen and oxygen atoms in total. The number of hydrogen-bond donors (Lipinski definition) is 1. The van der Waals surface area contributed by atoms with Crippen LogP contribution in [0.4, 0.5) is 5.82 Å². The molecular formula is C10H14N2O. The molecule has 0 unspecified atom stereocenters. The summed E-state index contributed by atoms with van der Waals surface area (Å²) in [5.41, 5.74) is 6.47.